The molecule has 0 saturated heterocycles. The zero-order valence-electron chi connectivity index (χ0n) is 12.1. The lowest BCUT2D eigenvalue weighted by Gasteiger charge is -2.14. The fraction of sp³-hybridized carbons (Fsp3) is 0.154. The highest BCUT2D eigenvalue weighted by molar-refractivity contribution is 6.35. The summed E-state index contributed by atoms with van der Waals surface area (Å²) in [5.41, 5.74) is -5.98. The molecule has 0 unspecified atom stereocenters. The van der Waals surface area contributed by atoms with Crippen LogP contribution in [0.2, 0.25) is 5.02 Å². The smallest absolute Gasteiger partial charge is 0.406 e. The van der Waals surface area contributed by atoms with Gasteiger partial charge in [0.05, 0.1) is 5.02 Å². The second-order valence-corrected chi connectivity index (χ2v) is 5.36. The van der Waals surface area contributed by atoms with E-state index in [0.717, 1.165) is 7.05 Å². The minimum absolute atomic E-state index is 0.138. The predicted octanol–water partition coefficient (Wildman–Crippen LogP) is 1.78. The van der Waals surface area contributed by atoms with Crippen molar-refractivity contribution in [2.75, 3.05) is 0 Å². The van der Waals surface area contributed by atoms with Crippen molar-refractivity contribution < 1.29 is 22.0 Å². The van der Waals surface area contributed by atoms with E-state index in [-0.39, 0.29) is 25.8 Å². The van der Waals surface area contributed by atoms with Gasteiger partial charge in [-0.3, -0.25) is 14.3 Å². The number of aromatic amines is 1. The van der Waals surface area contributed by atoms with Gasteiger partial charge in [-0.15, -0.1) is 0 Å². The Bertz CT molecular complexity index is 1190. The summed E-state index contributed by atoms with van der Waals surface area (Å²) in [6, 6.07) is 0.805. The summed E-state index contributed by atoms with van der Waals surface area (Å²) < 4.78 is 57.9. The van der Waals surface area contributed by atoms with Gasteiger partial charge in [-0.1, -0.05) is 11.6 Å². The molecule has 0 saturated carbocycles. The highest BCUT2D eigenvalue weighted by Crippen LogP contribution is 2.29. The Labute approximate surface area is 138 Å². The van der Waals surface area contributed by atoms with Crippen LogP contribution in [0.3, 0.4) is 0 Å². The number of benzene rings is 1. The van der Waals surface area contributed by atoms with Crippen molar-refractivity contribution in [3.8, 4) is 5.69 Å². The molecule has 7 nitrogen and oxygen atoms in total. The quantitative estimate of drug-likeness (QED) is 0.653. The van der Waals surface area contributed by atoms with Crippen LogP contribution in [0.1, 0.15) is 5.69 Å². The van der Waals surface area contributed by atoms with Crippen molar-refractivity contribution in [2.45, 2.75) is 6.18 Å². The van der Waals surface area contributed by atoms with Gasteiger partial charge in [0.25, 0.3) is 5.56 Å². The molecule has 0 radical (unpaired) electrons. The summed E-state index contributed by atoms with van der Waals surface area (Å²) in [5, 5.41) is -0.327. The van der Waals surface area contributed by atoms with Crippen molar-refractivity contribution in [2.24, 2.45) is 7.05 Å². The molecule has 132 valence electrons. The minimum atomic E-state index is -4.97. The Hall–Kier alpha value is -2.82. The average Bonchev–Trinajstić information content (AvgIpc) is 2.87. The number of oxazole rings is 1. The second-order valence-electron chi connectivity index (χ2n) is 4.95. The van der Waals surface area contributed by atoms with E-state index < -0.39 is 45.9 Å². The SMILES string of the molecule is Cn1c(C(F)(F)F)cc(=O)n(-c2c(F)cc(Cl)c3oc(=O)[nH]c23)c1=O. The summed E-state index contributed by atoms with van der Waals surface area (Å²) in [5.74, 6) is -2.27. The molecule has 3 rings (SSSR count). The van der Waals surface area contributed by atoms with E-state index in [4.69, 9.17) is 11.6 Å². The van der Waals surface area contributed by atoms with E-state index in [1.54, 1.807) is 0 Å². The van der Waals surface area contributed by atoms with Crippen LogP contribution >= 0.6 is 11.6 Å². The summed E-state index contributed by atoms with van der Waals surface area (Å²) in [6.07, 6.45) is -4.97. The molecule has 0 fully saturated rings. The van der Waals surface area contributed by atoms with Gasteiger partial charge in [0.15, 0.2) is 11.4 Å². The number of fused-ring (bicyclic) bond motifs is 1. The molecule has 0 aliphatic rings. The Morgan fingerprint density at radius 3 is 2.44 bits per heavy atom. The molecule has 0 atom stereocenters. The summed E-state index contributed by atoms with van der Waals surface area (Å²) in [6.45, 7) is 0. The van der Waals surface area contributed by atoms with E-state index in [1.807, 2.05) is 4.98 Å². The molecule has 25 heavy (non-hydrogen) atoms. The third-order valence-corrected chi connectivity index (χ3v) is 3.70. The zero-order chi connectivity index (χ0) is 18.7. The summed E-state index contributed by atoms with van der Waals surface area (Å²) in [4.78, 5) is 37.7. The van der Waals surface area contributed by atoms with E-state index in [0.29, 0.717) is 6.07 Å². The van der Waals surface area contributed by atoms with Crippen molar-refractivity contribution in [1.29, 1.82) is 0 Å². The van der Waals surface area contributed by atoms with Gasteiger partial charge in [0.2, 0.25) is 0 Å². The monoisotopic (exact) mass is 379 g/mol. The van der Waals surface area contributed by atoms with Gasteiger partial charge in [0, 0.05) is 13.1 Å². The largest absolute Gasteiger partial charge is 0.431 e. The van der Waals surface area contributed by atoms with Crippen LogP contribution in [0.4, 0.5) is 17.6 Å². The van der Waals surface area contributed by atoms with E-state index in [2.05, 4.69) is 4.42 Å². The fourth-order valence-corrected chi connectivity index (χ4v) is 2.58. The van der Waals surface area contributed by atoms with Crippen molar-refractivity contribution in [3.63, 3.8) is 0 Å². The maximum atomic E-state index is 14.3. The lowest BCUT2D eigenvalue weighted by atomic mass is 10.2. The van der Waals surface area contributed by atoms with Crippen LogP contribution in [0.5, 0.6) is 0 Å². The second kappa shape index (κ2) is 5.34. The van der Waals surface area contributed by atoms with Gasteiger partial charge in [-0.25, -0.2) is 18.5 Å². The summed E-state index contributed by atoms with van der Waals surface area (Å²) in [7, 11) is 0.768. The van der Waals surface area contributed by atoms with E-state index in [1.165, 1.54) is 0 Å². The van der Waals surface area contributed by atoms with Gasteiger partial charge < -0.3 is 4.42 Å². The zero-order valence-corrected chi connectivity index (χ0v) is 12.8. The van der Waals surface area contributed by atoms with Crippen LogP contribution in [0.25, 0.3) is 16.8 Å². The molecule has 0 bridgehead atoms. The molecule has 12 heteroatoms. The topological polar surface area (TPSA) is 90.0 Å². The van der Waals surface area contributed by atoms with Gasteiger partial charge in [-0.2, -0.15) is 13.2 Å². The highest BCUT2D eigenvalue weighted by Gasteiger charge is 2.35. The number of rotatable bonds is 1. The first-order valence-electron chi connectivity index (χ1n) is 6.44. The fourth-order valence-electron chi connectivity index (χ4n) is 2.35. The maximum Gasteiger partial charge on any atom is 0.431 e. The number of nitrogens with zero attached hydrogens (tertiary/aromatic N) is 2. The average molecular weight is 380 g/mol. The Morgan fingerprint density at radius 1 is 1.20 bits per heavy atom. The number of hydrogen-bond donors (Lipinski definition) is 1. The molecule has 1 N–H and O–H groups in total. The molecular weight excluding hydrogens is 374 g/mol. The molecule has 2 aromatic heterocycles. The lowest BCUT2D eigenvalue weighted by molar-refractivity contribution is -0.144. The first-order valence-corrected chi connectivity index (χ1v) is 6.81. The Balaban J connectivity index is 2.50. The van der Waals surface area contributed by atoms with Gasteiger partial charge in [-0.05, 0) is 6.07 Å². The van der Waals surface area contributed by atoms with Crippen LogP contribution in [-0.4, -0.2) is 14.1 Å². The van der Waals surface area contributed by atoms with Crippen molar-refractivity contribution >= 4 is 22.7 Å². The first-order chi connectivity index (χ1) is 11.5. The number of H-pyrrole nitrogens is 1. The number of aromatic nitrogens is 3. The van der Waals surface area contributed by atoms with E-state index >= 15 is 0 Å². The molecule has 2 heterocycles. The third-order valence-electron chi connectivity index (χ3n) is 3.42. The highest BCUT2D eigenvalue weighted by atomic mass is 35.5. The van der Waals surface area contributed by atoms with Gasteiger partial charge in [0.1, 0.15) is 16.9 Å². The number of hydrogen-bond acceptors (Lipinski definition) is 4. The first kappa shape index (κ1) is 17.0. The Morgan fingerprint density at radius 2 is 1.84 bits per heavy atom. The molecule has 0 aliphatic heterocycles. The number of nitrogens with one attached hydrogen (secondary N) is 1. The summed E-state index contributed by atoms with van der Waals surface area (Å²) >= 11 is 5.72. The van der Waals surface area contributed by atoms with E-state index in [9.17, 15) is 31.9 Å². The van der Waals surface area contributed by atoms with Crippen LogP contribution in [0.15, 0.2) is 30.9 Å². The molecule has 0 aliphatic carbocycles. The molecular formula is C13H6ClF4N3O4. The van der Waals surface area contributed by atoms with Crippen LogP contribution < -0.4 is 17.0 Å². The van der Waals surface area contributed by atoms with Crippen LogP contribution in [-0.2, 0) is 13.2 Å². The van der Waals surface area contributed by atoms with Crippen LogP contribution in [0, 0.1) is 5.82 Å². The normalized spacial score (nSPS) is 12.1. The maximum absolute atomic E-state index is 14.3. The number of halogens is 5. The lowest BCUT2D eigenvalue weighted by Crippen LogP contribution is -2.41. The van der Waals surface area contributed by atoms with Crippen molar-refractivity contribution in [1.82, 2.24) is 14.1 Å². The molecule has 1 aromatic carbocycles. The number of alkyl halides is 3. The molecule has 3 aromatic rings. The third kappa shape index (κ3) is 2.56. The Kier molecular flexibility index (Phi) is 3.64. The van der Waals surface area contributed by atoms with Crippen molar-refractivity contribution in [3.05, 3.63) is 60.1 Å². The predicted molar refractivity (Wildman–Crippen MR) is 77.6 cm³/mol. The standard InChI is InChI=1S/C13H6ClF4N3O4/c1-20-6(13(16,17)18)3-7(22)21(12(20)24)9-5(15)2-4(14)10-8(9)19-11(23)25-10/h2-3H,1H3,(H,19,23). The molecule has 0 spiro atoms. The molecule has 0 amide bonds. The minimum Gasteiger partial charge on any atom is -0.406 e. The van der Waals surface area contributed by atoms with Gasteiger partial charge >= 0.3 is 17.6 Å².